The molecule has 4 aromatic rings. The van der Waals surface area contributed by atoms with E-state index in [-0.39, 0.29) is 6.09 Å². The van der Waals surface area contributed by atoms with E-state index in [4.69, 9.17) is 9.72 Å². The van der Waals surface area contributed by atoms with Crippen LogP contribution in [0.15, 0.2) is 54.7 Å². The normalized spacial score (nSPS) is 13.9. The van der Waals surface area contributed by atoms with Crippen molar-refractivity contribution < 1.29 is 9.53 Å². The molecule has 2 aromatic carbocycles. The summed E-state index contributed by atoms with van der Waals surface area (Å²) in [6.07, 6.45) is 4.64. The first-order chi connectivity index (χ1) is 17.2. The number of aromatic nitrogens is 3. The summed E-state index contributed by atoms with van der Waals surface area (Å²) in [5, 5.41) is 6.81. The van der Waals surface area contributed by atoms with Gasteiger partial charge in [0.25, 0.3) is 0 Å². The molecule has 1 aliphatic heterocycles. The van der Waals surface area contributed by atoms with Crippen LogP contribution in [0.3, 0.4) is 0 Å². The number of aryl methyl sites for hydroxylation is 2. The summed E-state index contributed by atoms with van der Waals surface area (Å²) in [5.74, 6) is 0. The van der Waals surface area contributed by atoms with Crippen molar-refractivity contribution in [2.75, 3.05) is 13.1 Å². The van der Waals surface area contributed by atoms with Crippen LogP contribution in [-0.4, -0.2) is 44.4 Å². The second kappa shape index (κ2) is 10.1. The molecule has 1 amide bonds. The Hall–Kier alpha value is -3.67. The quantitative estimate of drug-likeness (QED) is 0.303. The van der Waals surface area contributed by atoms with Crippen molar-refractivity contribution in [3.63, 3.8) is 0 Å². The van der Waals surface area contributed by atoms with E-state index in [2.05, 4.69) is 66.8 Å². The van der Waals surface area contributed by atoms with Crippen LogP contribution < -0.4 is 0 Å². The van der Waals surface area contributed by atoms with Gasteiger partial charge in [0.05, 0.1) is 16.7 Å². The fraction of sp³-hybridized carbons (Fsp3) is 0.367. The van der Waals surface area contributed by atoms with Crippen LogP contribution in [0.1, 0.15) is 52.3 Å². The molecule has 0 saturated heterocycles. The van der Waals surface area contributed by atoms with Gasteiger partial charge in [-0.15, -0.1) is 0 Å². The summed E-state index contributed by atoms with van der Waals surface area (Å²) in [4.78, 5) is 19.0. The number of pyridine rings is 1. The van der Waals surface area contributed by atoms with Gasteiger partial charge in [0, 0.05) is 37.1 Å². The van der Waals surface area contributed by atoms with Crippen molar-refractivity contribution >= 4 is 33.5 Å². The second-order valence-corrected chi connectivity index (χ2v) is 10.0. The number of amides is 1. The first-order valence-corrected chi connectivity index (χ1v) is 12.7. The van der Waals surface area contributed by atoms with E-state index in [1.165, 1.54) is 22.3 Å². The van der Waals surface area contributed by atoms with E-state index in [0.717, 1.165) is 33.9 Å². The Kier molecular flexibility index (Phi) is 7.16. The highest BCUT2D eigenvalue weighted by molar-refractivity contribution is 5.90. The summed E-state index contributed by atoms with van der Waals surface area (Å²) in [5.41, 5.74) is 7.19. The SMILES string of the molecule is CC.Cc1cc(-c2ccc3nc(C4=CCN(C(=O)OC(C)(C)C)CC4)ccc3c2)cc2cn(C)nc12. The Labute approximate surface area is 213 Å². The van der Waals surface area contributed by atoms with Crippen molar-refractivity contribution in [3.8, 4) is 11.1 Å². The zero-order chi connectivity index (χ0) is 26.0. The van der Waals surface area contributed by atoms with Gasteiger partial charge in [-0.3, -0.25) is 4.68 Å². The Morgan fingerprint density at radius 3 is 2.44 bits per heavy atom. The number of ether oxygens (including phenoxy) is 1. The number of carbonyl (C=O) groups is 1. The zero-order valence-corrected chi connectivity index (χ0v) is 22.4. The van der Waals surface area contributed by atoms with Crippen LogP contribution in [0.5, 0.6) is 0 Å². The summed E-state index contributed by atoms with van der Waals surface area (Å²) in [6, 6.07) is 15.0. The number of hydrogen-bond acceptors (Lipinski definition) is 4. The number of nitrogens with zero attached hydrogens (tertiary/aromatic N) is 4. The van der Waals surface area contributed by atoms with Crippen LogP contribution in [0, 0.1) is 6.92 Å². The van der Waals surface area contributed by atoms with Gasteiger partial charge in [0.15, 0.2) is 0 Å². The van der Waals surface area contributed by atoms with Crippen LogP contribution in [-0.2, 0) is 11.8 Å². The lowest BCUT2D eigenvalue weighted by atomic mass is 9.98. The highest BCUT2D eigenvalue weighted by atomic mass is 16.6. The van der Waals surface area contributed by atoms with Crippen LogP contribution in [0.4, 0.5) is 4.79 Å². The number of carbonyl (C=O) groups excluding carboxylic acids is 1. The summed E-state index contributed by atoms with van der Waals surface area (Å²) in [6.45, 7) is 12.9. The molecule has 0 saturated carbocycles. The molecule has 0 spiro atoms. The maximum atomic E-state index is 12.3. The van der Waals surface area contributed by atoms with Gasteiger partial charge >= 0.3 is 6.09 Å². The number of fused-ring (bicyclic) bond motifs is 2. The smallest absolute Gasteiger partial charge is 0.410 e. The molecule has 0 radical (unpaired) electrons. The molecular weight excluding hydrogens is 448 g/mol. The van der Waals surface area contributed by atoms with Gasteiger partial charge in [0.1, 0.15) is 5.60 Å². The third kappa shape index (κ3) is 5.43. The van der Waals surface area contributed by atoms with E-state index in [9.17, 15) is 4.79 Å². The highest BCUT2D eigenvalue weighted by Gasteiger charge is 2.24. The van der Waals surface area contributed by atoms with Crippen LogP contribution in [0.25, 0.3) is 38.5 Å². The Balaban J connectivity index is 0.00000148. The van der Waals surface area contributed by atoms with Gasteiger partial charge < -0.3 is 9.64 Å². The molecule has 0 fully saturated rings. The largest absolute Gasteiger partial charge is 0.444 e. The molecule has 0 N–H and O–H groups in total. The molecule has 3 heterocycles. The Bertz CT molecular complexity index is 1440. The fourth-order valence-corrected chi connectivity index (χ4v) is 4.47. The monoisotopic (exact) mass is 484 g/mol. The average Bonchev–Trinajstić information content (AvgIpc) is 3.24. The summed E-state index contributed by atoms with van der Waals surface area (Å²) < 4.78 is 7.35. The average molecular weight is 485 g/mol. The Morgan fingerprint density at radius 2 is 1.75 bits per heavy atom. The van der Waals surface area contributed by atoms with Crippen molar-refractivity contribution in [1.82, 2.24) is 19.7 Å². The van der Waals surface area contributed by atoms with Crippen molar-refractivity contribution in [3.05, 3.63) is 66.0 Å². The lowest BCUT2D eigenvalue weighted by Gasteiger charge is -2.29. The predicted octanol–water partition coefficient (Wildman–Crippen LogP) is 7.15. The van der Waals surface area contributed by atoms with Crippen molar-refractivity contribution in [2.45, 2.75) is 53.6 Å². The minimum Gasteiger partial charge on any atom is -0.444 e. The molecule has 188 valence electrons. The number of benzene rings is 2. The third-order valence-electron chi connectivity index (χ3n) is 6.13. The van der Waals surface area contributed by atoms with E-state index in [0.29, 0.717) is 13.1 Å². The molecule has 0 bridgehead atoms. The standard InChI is InChI=1S/C28H30N4O2.C2H6/c1-18-14-22(16-23-17-31(5)30-26(18)23)20-6-8-25-21(15-20)7-9-24(29-25)19-10-12-32(13-11-19)27(33)34-28(2,3)4;1-2/h6-10,14-17H,11-13H2,1-5H3;1-2H3. The van der Waals surface area contributed by atoms with Gasteiger partial charge in [0.2, 0.25) is 0 Å². The van der Waals surface area contributed by atoms with Gasteiger partial charge in [-0.1, -0.05) is 32.1 Å². The lowest BCUT2D eigenvalue weighted by molar-refractivity contribution is 0.0270. The molecule has 6 heteroatoms. The van der Waals surface area contributed by atoms with E-state index < -0.39 is 5.60 Å². The molecule has 36 heavy (non-hydrogen) atoms. The van der Waals surface area contributed by atoms with E-state index in [1.807, 2.05) is 46.3 Å². The minimum absolute atomic E-state index is 0.262. The molecule has 0 atom stereocenters. The summed E-state index contributed by atoms with van der Waals surface area (Å²) in [7, 11) is 1.95. The third-order valence-corrected chi connectivity index (χ3v) is 6.13. The minimum atomic E-state index is -0.484. The van der Waals surface area contributed by atoms with Gasteiger partial charge in [-0.25, -0.2) is 9.78 Å². The molecule has 0 aliphatic carbocycles. The zero-order valence-electron chi connectivity index (χ0n) is 22.4. The molecule has 0 unspecified atom stereocenters. The first-order valence-electron chi connectivity index (χ1n) is 12.7. The van der Waals surface area contributed by atoms with Gasteiger partial charge in [-0.2, -0.15) is 5.10 Å². The molecule has 5 rings (SSSR count). The highest BCUT2D eigenvalue weighted by Crippen LogP contribution is 2.30. The van der Waals surface area contributed by atoms with Crippen LogP contribution >= 0.6 is 0 Å². The second-order valence-electron chi connectivity index (χ2n) is 10.0. The molecule has 2 aromatic heterocycles. The molecule has 6 nitrogen and oxygen atoms in total. The molecular formula is C30H36N4O2. The van der Waals surface area contributed by atoms with Crippen molar-refractivity contribution in [2.24, 2.45) is 7.05 Å². The van der Waals surface area contributed by atoms with E-state index in [1.54, 1.807) is 4.90 Å². The lowest BCUT2D eigenvalue weighted by Crippen LogP contribution is -2.39. The summed E-state index contributed by atoms with van der Waals surface area (Å²) >= 11 is 0. The molecule has 1 aliphatic rings. The maximum absolute atomic E-state index is 12.3. The fourth-order valence-electron chi connectivity index (χ4n) is 4.47. The number of rotatable bonds is 2. The number of hydrogen-bond donors (Lipinski definition) is 0. The van der Waals surface area contributed by atoms with Gasteiger partial charge in [-0.05, 0) is 86.7 Å². The van der Waals surface area contributed by atoms with Crippen LogP contribution in [0.2, 0.25) is 0 Å². The predicted molar refractivity (Wildman–Crippen MR) is 148 cm³/mol. The van der Waals surface area contributed by atoms with Crippen molar-refractivity contribution in [1.29, 1.82) is 0 Å². The topological polar surface area (TPSA) is 60.3 Å². The maximum Gasteiger partial charge on any atom is 0.410 e. The first kappa shape index (κ1) is 25.4. The van der Waals surface area contributed by atoms with E-state index >= 15 is 0 Å². The Morgan fingerprint density at radius 1 is 1.00 bits per heavy atom.